The monoisotopic (exact) mass is 245 g/mol. The maximum absolute atomic E-state index is 11.0. The average Bonchev–Trinajstić information content (AvgIpc) is 2.15. The van der Waals surface area contributed by atoms with Crippen LogP contribution in [0.2, 0.25) is 0 Å². The predicted molar refractivity (Wildman–Crippen MR) is 64.6 cm³/mol. The van der Waals surface area contributed by atoms with Crippen LogP contribution in [0.5, 0.6) is 0 Å². The van der Waals surface area contributed by atoms with Crippen molar-refractivity contribution in [1.29, 1.82) is 0 Å². The van der Waals surface area contributed by atoms with Crippen LogP contribution in [0.1, 0.15) is 18.5 Å². The van der Waals surface area contributed by atoms with E-state index in [9.17, 15) is 8.42 Å². The molecule has 1 atom stereocenters. The van der Waals surface area contributed by atoms with Crippen molar-refractivity contribution in [2.24, 2.45) is 0 Å². The van der Waals surface area contributed by atoms with Crippen LogP contribution in [-0.4, -0.2) is 20.9 Å². The van der Waals surface area contributed by atoms with Gasteiger partial charge in [-0.3, -0.25) is 0 Å². The lowest BCUT2D eigenvalue weighted by Crippen LogP contribution is -2.25. The van der Waals surface area contributed by atoms with Gasteiger partial charge < -0.3 is 0 Å². The first-order chi connectivity index (χ1) is 6.92. The minimum absolute atomic E-state index is 0.184. The van der Waals surface area contributed by atoms with Gasteiger partial charge in [-0.05, 0) is 30.9 Å². The molecule has 5 heteroatoms. The summed E-state index contributed by atoms with van der Waals surface area (Å²) in [5.41, 5.74) is 0.971. The van der Waals surface area contributed by atoms with Crippen molar-refractivity contribution in [3.8, 4) is 0 Å². The Morgan fingerprint density at radius 1 is 1.27 bits per heavy atom. The first kappa shape index (κ1) is 12.5. The number of thioether (sulfide) groups is 1. The molecule has 0 aliphatic carbocycles. The molecule has 0 bridgehead atoms. The largest absolute Gasteiger partial charge is 0.213 e. The maximum atomic E-state index is 11.0. The van der Waals surface area contributed by atoms with Crippen LogP contribution in [0.3, 0.4) is 0 Å². The van der Waals surface area contributed by atoms with Crippen LogP contribution in [0.15, 0.2) is 29.2 Å². The Labute approximate surface area is 95.3 Å². The highest BCUT2D eigenvalue weighted by Gasteiger charge is 2.10. The van der Waals surface area contributed by atoms with E-state index >= 15 is 0 Å². The topological polar surface area (TPSA) is 46.2 Å². The Kier molecular flexibility index (Phi) is 4.19. The van der Waals surface area contributed by atoms with Gasteiger partial charge in [0.05, 0.1) is 6.26 Å². The normalized spacial score (nSPS) is 13.8. The zero-order valence-corrected chi connectivity index (χ0v) is 10.7. The Morgan fingerprint density at radius 3 is 2.20 bits per heavy atom. The van der Waals surface area contributed by atoms with Gasteiger partial charge in [-0.25, -0.2) is 13.1 Å². The first-order valence-corrected chi connectivity index (χ1v) is 7.65. The molecule has 3 nitrogen and oxygen atoms in total. The van der Waals surface area contributed by atoms with Gasteiger partial charge in [0.15, 0.2) is 0 Å². The molecule has 0 aliphatic heterocycles. The number of hydrogen-bond acceptors (Lipinski definition) is 3. The minimum atomic E-state index is -3.14. The summed E-state index contributed by atoms with van der Waals surface area (Å²) in [6.07, 6.45) is 3.17. The Hall–Kier alpha value is -0.520. The van der Waals surface area contributed by atoms with E-state index in [0.717, 1.165) is 5.56 Å². The average molecular weight is 245 g/mol. The van der Waals surface area contributed by atoms with Crippen LogP contribution in [0, 0.1) is 0 Å². The van der Waals surface area contributed by atoms with E-state index in [0.29, 0.717) is 0 Å². The Bertz CT molecular complexity index is 412. The van der Waals surface area contributed by atoms with Crippen molar-refractivity contribution in [3.63, 3.8) is 0 Å². The lowest BCUT2D eigenvalue weighted by atomic mass is 10.1. The fourth-order valence-corrected chi connectivity index (χ4v) is 2.47. The third-order valence-electron chi connectivity index (χ3n) is 2.01. The summed E-state index contributed by atoms with van der Waals surface area (Å²) in [6.45, 7) is 1.83. The molecular weight excluding hydrogens is 230 g/mol. The molecule has 0 fully saturated rings. The fraction of sp³-hybridized carbons (Fsp3) is 0.400. The van der Waals surface area contributed by atoms with Gasteiger partial charge >= 0.3 is 0 Å². The van der Waals surface area contributed by atoms with E-state index in [1.54, 1.807) is 11.8 Å². The number of benzene rings is 1. The van der Waals surface area contributed by atoms with E-state index in [1.807, 2.05) is 37.4 Å². The predicted octanol–water partition coefficient (Wildman–Crippen LogP) is 2.02. The van der Waals surface area contributed by atoms with E-state index < -0.39 is 10.0 Å². The second-order valence-electron chi connectivity index (χ2n) is 3.38. The molecule has 0 spiro atoms. The van der Waals surface area contributed by atoms with Crippen molar-refractivity contribution in [2.75, 3.05) is 12.5 Å². The molecule has 15 heavy (non-hydrogen) atoms. The van der Waals surface area contributed by atoms with Crippen molar-refractivity contribution < 1.29 is 8.42 Å². The standard InChI is InChI=1S/C10H15NO2S2/c1-8(11-15(3,12)13)9-4-6-10(14-2)7-5-9/h4-8,11H,1-3H3/t8-/m1/s1. The lowest BCUT2D eigenvalue weighted by Gasteiger charge is -2.12. The molecule has 84 valence electrons. The van der Waals surface area contributed by atoms with Gasteiger partial charge in [0.25, 0.3) is 0 Å². The molecule has 0 unspecified atom stereocenters. The Balaban J connectivity index is 2.78. The van der Waals surface area contributed by atoms with Gasteiger partial charge in [0.1, 0.15) is 0 Å². The molecule has 1 aromatic rings. The summed E-state index contributed by atoms with van der Waals surface area (Å²) < 4.78 is 24.6. The third kappa shape index (κ3) is 4.24. The van der Waals surface area contributed by atoms with Gasteiger partial charge in [0, 0.05) is 10.9 Å². The number of sulfonamides is 1. The molecular formula is C10H15NO2S2. The summed E-state index contributed by atoms with van der Waals surface area (Å²) in [6, 6.07) is 7.67. The molecule has 0 amide bonds. The van der Waals surface area contributed by atoms with Gasteiger partial charge in [0.2, 0.25) is 10.0 Å². The van der Waals surface area contributed by atoms with Crippen molar-refractivity contribution in [1.82, 2.24) is 4.72 Å². The van der Waals surface area contributed by atoms with Crippen LogP contribution in [0.4, 0.5) is 0 Å². The quantitative estimate of drug-likeness (QED) is 0.826. The van der Waals surface area contributed by atoms with Crippen molar-refractivity contribution in [3.05, 3.63) is 29.8 Å². The van der Waals surface area contributed by atoms with Gasteiger partial charge in [-0.15, -0.1) is 11.8 Å². The minimum Gasteiger partial charge on any atom is -0.213 e. The highest BCUT2D eigenvalue weighted by atomic mass is 32.2. The fourth-order valence-electron chi connectivity index (χ4n) is 1.28. The second-order valence-corrected chi connectivity index (χ2v) is 6.04. The summed E-state index contributed by atoms with van der Waals surface area (Å²) in [5, 5.41) is 0. The van der Waals surface area contributed by atoms with Crippen molar-refractivity contribution >= 4 is 21.8 Å². The molecule has 0 saturated heterocycles. The number of nitrogens with one attached hydrogen (secondary N) is 1. The second kappa shape index (κ2) is 5.01. The van der Waals surface area contributed by atoms with Gasteiger partial charge in [-0.1, -0.05) is 12.1 Å². The van der Waals surface area contributed by atoms with E-state index in [1.165, 1.54) is 11.2 Å². The smallest absolute Gasteiger partial charge is 0.209 e. The SMILES string of the molecule is CSc1ccc([C@@H](C)NS(C)(=O)=O)cc1. The molecule has 0 radical (unpaired) electrons. The summed E-state index contributed by atoms with van der Waals surface area (Å²) in [5.74, 6) is 0. The first-order valence-electron chi connectivity index (χ1n) is 4.53. The summed E-state index contributed by atoms with van der Waals surface area (Å²) in [7, 11) is -3.14. The van der Waals surface area contributed by atoms with Crippen LogP contribution in [0.25, 0.3) is 0 Å². The third-order valence-corrected chi connectivity index (χ3v) is 3.53. The Morgan fingerprint density at radius 2 is 1.80 bits per heavy atom. The van der Waals surface area contributed by atoms with E-state index in [-0.39, 0.29) is 6.04 Å². The lowest BCUT2D eigenvalue weighted by molar-refractivity contribution is 0.573. The number of hydrogen-bond donors (Lipinski definition) is 1. The highest BCUT2D eigenvalue weighted by Crippen LogP contribution is 2.19. The molecule has 0 aromatic heterocycles. The maximum Gasteiger partial charge on any atom is 0.209 e. The molecule has 0 saturated carbocycles. The number of rotatable bonds is 4. The molecule has 1 rings (SSSR count). The molecule has 1 aromatic carbocycles. The van der Waals surface area contributed by atoms with Crippen LogP contribution < -0.4 is 4.72 Å². The molecule has 0 aliphatic rings. The van der Waals surface area contributed by atoms with Crippen molar-refractivity contribution in [2.45, 2.75) is 17.9 Å². The summed E-state index contributed by atoms with van der Waals surface area (Å²) >= 11 is 1.66. The summed E-state index contributed by atoms with van der Waals surface area (Å²) in [4.78, 5) is 1.17. The van der Waals surface area contributed by atoms with E-state index in [2.05, 4.69) is 4.72 Å². The molecule has 1 N–H and O–H groups in total. The van der Waals surface area contributed by atoms with Crippen LogP contribution in [-0.2, 0) is 10.0 Å². The van der Waals surface area contributed by atoms with Crippen LogP contribution >= 0.6 is 11.8 Å². The highest BCUT2D eigenvalue weighted by molar-refractivity contribution is 7.98. The zero-order valence-electron chi connectivity index (χ0n) is 9.02. The zero-order chi connectivity index (χ0) is 11.5. The van der Waals surface area contributed by atoms with Gasteiger partial charge in [-0.2, -0.15) is 0 Å². The van der Waals surface area contributed by atoms with E-state index in [4.69, 9.17) is 0 Å². The molecule has 0 heterocycles.